The molecule has 0 saturated heterocycles. The molecule has 0 spiro atoms. The van der Waals surface area contributed by atoms with E-state index in [0.29, 0.717) is 22.3 Å². The summed E-state index contributed by atoms with van der Waals surface area (Å²) in [6, 6.07) is 10.1. The number of aliphatic hydroxyl groups is 1. The number of aryl methyl sites for hydroxylation is 1. The van der Waals surface area contributed by atoms with Crippen LogP contribution in [0.4, 0.5) is 5.69 Å². The number of anilines is 1. The zero-order valence-corrected chi connectivity index (χ0v) is 13.3. The van der Waals surface area contributed by atoms with Crippen LogP contribution in [-0.2, 0) is 16.6 Å². The average Bonchev–Trinajstić information content (AvgIpc) is 2.97. The van der Waals surface area contributed by atoms with Crippen LogP contribution in [0.3, 0.4) is 0 Å². The van der Waals surface area contributed by atoms with E-state index in [1.54, 1.807) is 37.3 Å². The Kier molecular flexibility index (Phi) is 3.81. The molecule has 0 atom stereocenters. The lowest BCUT2D eigenvalue weighted by Crippen LogP contribution is -2.15. The SMILES string of the molecule is Cc1cccc(CO)c1NS(=O)(=O)c1cccc2nsnc12. The molecule has 0 radical (unpaired) electrons. The van der Waals surface area contributed by atoms with Crippen LogP contribution >= 0.6 is 11.7 Å². The summed E-state index contributed by atoms with van der Waals surface area (Å²) in [4.78, 5) is 0.0749. The molecule has 114 valence electrons. The van der Waals surface area contributed by atoms with Crippen LogP contribution in [0, 0.1) is 6.92 Å². The van der Waals surface area contributed by atoms with E-state index in [1.807, 2.05) is 0 Å². The number of hydrogen-bond acceptors (Lipinski definition) is 6. The van der Waals surface area contributed by atoms with Gasteiger partial charge in [-0.05, 0) is 24.6 Å². The quantitative estimate of drug-likeness (QED) is 0.763. The lowest BCUT2D eigenvalue weighted by Gasteiger charge is -2.14. The molecule has 8 heteroatoms. The zero-order chi connectivity index (χ0) is 15.7. The first-order valence-corrected chi connectivity index (χ1v) is 8.68. The molecule has 0 aliphatic carbocycles. The van der Waals surface area contributed by atoms with Gasteiger partial charge in [0.15, 0.2) is 0 Å². The second kappa shape index (κ2) is 5.64. The average molecular weight is 335 g/mol. The Hall–Kier alpha value is -2.03. The van der Waals surface area contributed by atoms with Crippen molar-refractivity contribution in [1.82, 2.24) is 8.75 Å². The van der Waals surface area contributed by atoms with Crippen molar-refractivity contribution in [3.63, 3.8) is 0 Å². The molecule has 1 heterocycles. The van der Waals surface area contributed by atoms with Gasteiger partial charge in [0.05, 0.1) is 24.0 Å². The molecule has 2 N–H and O–H groups in total. The molecule has 0 aliphatic rings. The smallest absolute Gasteiger partial charge is 0.264 e. The summed E-state index contributed by atoms with van der Waals surface area (Å²) in [7, 11) is -3.82. The predicted octanol–water partition coefficient (Wildman–Crippen LogP) is 2.29. The minimum absolute atomic E-state index is 0.0749. The number of hydrogen-bond donors (Lipinski definition) is 2. The largest absolute Gasteiger partial charge is 0.392 e. The highest BCUT2D eigenvalue weighted by Gasteiger charge is 2.21. The first-order chi connectivity index (χ1) is 10.5. The Balaban J connectivity index is 2.11. The molecule has 22 heavy (non-hydrogen) atoms. The van der Waals surface area contributed by atoms with E-state index in [1.165, 1.54) is 6.07 Å². The molecule has 6 nitrogen and oxygen atoms in total. The molecule has 0 aliphatic heterocycles. The van der Waals surface area contributed by atoms with Crippen LogP contribution in [0.5, 0.6) is 0 Å². The molecule has 0 unspecified atom stereocenters. The van der Waals surface area contributed by atoms with E-state index >= 15 is 0 Å². The summed E-state index contributed by atoms with van der Waals surface area (Å²) < 4.78 is 36.0. The normalized spacial score (nSPS) is 11.7. The maximum absolute atomic E-state index is 12.7. The Morgan fingerprint density at radius 3 is 2.73 bits per heavy atom. The number of fused-ring (bicyclic) bond motifs is 1. The van der Waals surface area contributed by atoms with Crippen LogP contribution < -0.4 is 4.72 Å². The first kappa shape index (κ1) is 14.9. The van der Waals surface area contributed by atoms with Gasteiger partial charge in [0.25, 0.3) is 10.0 Å². The van der Waals surface area contributed by atoms with Crippen LogP contribution in [0.25, 0.3) is 11.0 Å². The number of para-hydroxylation sites is 1. The third kappa shape index (κ3) is 2.56. The van der Waals surface area contributed by atoms with E-state index in [2.05, 4.69) is 13.5 Å². The molecule has 3 rings (SSSR count). The number of nitrogens with zero attached hydrogens (tertiary/aromatic N) is 2. The van der Waals surface area contributed by atoms with Crippen molar-refractivity contribution < 1.29 is 13.5 Å². The van der Waals surface area contributed by atoms with Gasteiger partial charge in [-0.2, -0.15) is 8.75 Å². The molecular formula is C14H13N3O3S2. The molecule has 0 amide bonds. The number of aliphatic hydroxyl groups excluding tert-OH is 1. The van der Waals surface area contributed by atoms with E-state index < -0.39 is 10.0 Å². The molecule has 3 aromatic rings. The molecule has 0 saturated carbocycles. The van der Waals surface area contributed by atoms with Gasteiger partial charge in [-0.25, -0.2) is 8.42 Å². The summed E-state index contributed by atoms with van der Waals surface area (Å²) in [6.45, 7) is 1.53. The standard InChI is InChI=1S/C14H13N3O3S2/c1-9-4-2-5-10(8-18)13(9)17-22(19,20)12-7-3-6-11-14(12)16-21-15-11/h2-7,17-18H,8H2,1H3. The number of aromatic nitrogens is 2. The molecule has 2 aromatic carbocycles. The van der Waals surface area contributed by atoms with E-state index in [0.717, 1.165) is 17.3 Å². The maximum Gasteiger partial charge on any atom is 0.264 e. The third-order valence-electron chi connectivity index (χ3n) is 3.30. The lowest BCUT2D eigenvalue weighted by atomic mass is 10.1. The van der Waals surface area contributed by atoms with Gasteiger partial charge in [0.1, 0.15) is 15.9 Å². The Bertz CT molecular complexity index is 935. The highest BCUT2D eigenvalue weighted by atomic mass is 32.2. The van der Waals surface area contributed by atoms with Crippen molar-refractivity contribution in [2.24, 2.45) is 0 Å². The minimum Gasteiger partial charge on any atom is -0.392 e. The van der Waals surface area contributed by atoms with Gasteiger partial charge in [0.2, 0.25) is 0 Å². The monoisotopic (exact) mass is 335 g/mol. The summed E-state index contributed by atoms with van der Waals surface area (Å²) >= 11 is 0.968. The van der Waals surface area contributed by atoms with Gasteiger partial charge in [-0.1, -0.05) is 24.3 Å². The van der Waals surface area contributed by atoms with E-state index in [9.17, 15) is 13.5 Å². The Morgan fingerprint density at radius 2 is 1.95 bits per heavy atom. The number of benzene rings is 2. The van der Waals surface area contributed by atoms with Crippen molar-refractivity contribution in [2.45, 2.75) is 18.4 Å². The summed E-state index contributed by atoms with van der Waals surface area (Å²) in [5, 5.41) is 9.39. The van der Waals surface area contributed by atoms with Crippen LogP contribution in [0.1, 0.15) is 11.1 Å². The predicted molar refractivity (Wildman–Crippen MR) is 85.3 cm³/mol. The van der Waals surface area contributed by atoms with Crippen molar-refractivity contribution >= 4 is 38.5 Å². The highest BCUT2D eigenvalue weighted by molar-refractivity contribution is 7.93. The van der Waals surface area contributed by atoms with E-state index in [-0.39, 0.29) is 11.5 Å². The summed E-state index contributed by atoms with van der Waals surface area (Å²) in [5.74, 6) is 0. The van der Waals surface area contributed by atoms with Gasteiger partial charge in [0, 0.05) is 5.56 Å². The molecular weight excluding hydrogens is 322 g/mol. The van der Waals surface area contributed by atoms with Crippen LogP contribution in [-0.4, -0.2) is 22.3 Å². The minimum atomic E-state index is -3.82. The van der Waals surface area contributed by atoms with Crippen molar-refractivity contribution in [2.75, 3.05) is 4.72 Å². The Labute approximate surface area is 131 Å². The lowest BCUT2D eigenvalue weighted by molar-refractivity contribution is 0.282. The van der Waals surface area contributed by atoms with Crippen molar-refractivity contribution in [3.05, 3.63) is 47.5 Å². The molecule has 1 aromatic heterocycles. The van der Waals surface area contributed by atoms with Gasteiger partial charge in [-0.3, -0.25) is 4.72 Å². The highest BCUT2D eigenvalue weighted by Crippen LogP contribution is 2.27. The van der Waals surface area contributed by atoms with Gasteiger partial charge in [-0.15, -0.1) is 0 Å². The Morgan fingerprint density at radius 1 is 1.18 bits per heavy atom. The van der Waals surface area contributed by atoms with Crippen LogP contribution in [0.2, 0.25) is 0 Å². The number of rotatable bonds is 4. The summed E-state index contributed by atoms with van der Waals surface area (Å²) in [6.07, 6.45) is 0. The second-order valence-electron chi connectivity index (χ2n) is 4.76. The van der Waals surface area contributed by atoms with Crippen molar-refractivity contribution in [1.29, 1.82) is 0 Å². The maximum atomic E-state index is 12.7. The molecule has 0 fully saturated rings. The fraction of sp³-hybridized carbons (Fsp3) is 0.143. The molecule has 0 bridgehead atoms. The van der Waals surface area contributed by atoms with Crippen molar-refractivity contribution in [3.8, 4) is 0 Å². The van der Waals surface area contributed by atoms with Gasteiger partial charge < -0.3 is 5.11 Å². The fourth-order valence-electron chi connectivity index (χ4n) is 2.19. The number of sulfonamides is 1. The number of nitrogens with one attached hydrogen (secondary N) is 1. The first-order valence-electron chi connectivity index (χ1n) is 6.46. The zero-order valence-electron chi connectivity index (χ0n) is 11.6. The topological polar surface area (TPSA) is 92.2 Å². The van der Waals surface area contributed by atoms with Crippen LogP contribution in [0.15, 0.2) is 41.3 Å². The second-order valence-corrected chi connectivity index (χ2v) is 6.94. The summed E-state index contributed by atoms with van der Waals surface area (Å²) in [5.41, 5.74) is 2.54. The fourth-order valence-corrected chi connectivity index (χ4v) is 4.13. The van der Waals surface area contributed by atoms with E-state index in [4.69, 9.17) is 0 Å². The third-order valence-corrected chi connectivity index (χ3v) is 5.23. The van der Waals surface area contributed by atoms with Gasteiger partial charge >= 0.3 is 0 Å².